The number of fused-ring (bicyclic) bond motifs is 1. The molecule has 1 amide bonds. The molecule has 1 N–H and O–H groups in total. The molecule has 5 rings (SSSR count). The van der Waals surface area contributed by atoms with Crippen LogP contribution < -0.4 is 14.8 Å². The first-order chi connectivity index (χ1) is 16.9. The highest BCUT2D eigenvalue weighted by molar-refractivity contribution is 6.35. The van der Waals surface area contributed by atoms with Gasteiger partial charge in [0.2, 0.25) is 0 Å². The average molecular weight is 518 g/mol. The lowest BCUT2D eigenvalue weighted by Gasteiger charge is -2.29. The lowest BCUT2D eigenvalue weighted by atomic mass is 9.97. The molecule has 182 valence electrons. The minimum atomic E-state index is -1.62. The van der Waals surface area contributed by atoms with Crippen LogP contribution in [0.25, 0.3) is 0 Å². The SMILES string of the molecule is O=C(NC1CCCCCC1)c1cc2c(cc1F)OC(c1ccc(F)cc1)(c1ccc(Cl)cc1Cl)O2. The number of carbonyl (C=O) groups is 1. The normalized spacial score (nSPS) is 19.9. The maximum absolute atomic E-state index is 15.1. The van der Waals surface area contributed by atoms with Gasteiger partial charge in [-0.15, -0.1) is 0 Å². The van der Waals surface area contributed by atoms with Crippen LogP contribution >= 0.6 is 23.2 Å². The fourth-order valence-electron chi connectivity index (χ4n) is 4.70. The van der Waals surface area contributed by atoms with Gasteiger partial charge in [0, 0.05) is 22.7 Å². The predicted octanol–water partition coefficient (Wildman–Crippen LogP) is 7.40. The second-order valence-corrected chi connectivity index (χ2v) is 9.74. The number of nitrogens with one attached hydrogen (secondary N) is 1. The summed E-state index contributed by atoms with van der Waals surface area (Å²) in [6.45, 7) is 0. The molecule has 1 fully saturated rings. The molecule has 4 nitrogen and oxygen atoms in total. The summed E-state index contributed by atoms with van der Waals surface area (Å²) in [6, 6.07) is 12.8. The molecular weight excluding hydrogens is 495 g/mol. The number of ether oxygens (including phenoxy) is 2. The molecule has 35 heavy (non-hydrogen) atoms. The Kier molecular flexibility index (Phi) is 6.60. The lowest BCUT2D eigenvalue weighted by molar-refractivity contribution is -0.0459. The van der Waals surface area contributed by atoms with E-state index < -0.39 is 23.3 Å². The van der Waals surface area contributed by atoms with Crippen LogP contribution in [-0.4, -0.2) is 11.9 Å². The highest BCUT2D eigenvalue weighted by Gasteiger charge is 2.47. The maximum Gasteiger partial charge on any atom is 0.307 e. The molecule has 1 saturated carbocycles. The molecule has 3 aromatic rings. The second kappa shape index (κ2) is 9.67. The van der Waals surface area contributed by atoms with Gasteiger partial charge in [-0.3, -0.25) is 4.79 Å². The van der Waals surface area contributed by atoms with Crippen LogP contribution in [0.4, 0.5) is 8.78 Å². The third-order valence-corrected chi connectivity index (χ3v) is 7.03. The molecule has 1 heterocycles. The Morgan fingerprint density at radius 3 is 2.20 bits per heavy atom. The summed E-state index contributed by atoms with van der Waals surface area (Å²) in [6.07, 6.45) is 6.11. The summed E-state index contributed by atoms with van der Waals surface area (Å²) in [4.78, 5) is 13.0. The largest absolute Gasteiger partial charge is 0.440 e. The van der Waals surface area contributed by atoms with E-state index in [1.165, 1.54) is 36.4 Å². The predicted molar refractivity (Wildman–Crippen MR) is 130 cm³/mol. The molecule has 0 spiro atoms. The van der Waals surface area contributed by atoms with Gasteiger partial charge in [-0.1, -0.05) is 48.9 Å². The first-order valence-electron chi connectivity index (χ1n) is 11.6. The van der Waals surface area contributed by atoms with E-state index in [2.05, 4.69) is 5.32 Å². The van der Waals surface area contributed by atoms with Crippen LogP contribution in [0, 0.1) is 11.6 Å². The number of halogens is 4. The average Bonchev–Trinajstić information content (AvgIpc) is 3.00. The summed E-state index contributed by atoms with van der Waals surface area (Å²) in [7, 11) is 0. The third kappa shape index (κ3) is 4.69. The summed E-state index contributed by atoms with van der Waals surface area (Å²) < 4.78 is 41.2. The van der Waals surface area contributed by atoms with Gasteiger partial charge in [0.15, 0.2) is 11.5 Å². The number of benzene rings is 3. The minimum Gasteiger partial charge on any atom is -0.440 e. The molecule has 0 radical (unpaired) electrons. The fourth-order valence-corrected chi connectivity index (χ4v) is 5.23. The van der Waals surface area contributed by atoms with E-state index in [-0.39, 0.29) is 28.1 Å². The summed E-state index contributed by atoms with van der Waals surface area (Å²) in [5, 5.41) is 3.62. The number of hydrogen-bond acceptors (Lipinski definition) is 3. The van der Waals surface area contributed by atoms with Crippen molar-refractivity contribution >= 4 is 29.1 Å². The van der Waals surface area contributed by atoms with Crippen molar-refractivity contribution in [1.82, 2.24) is 5.32 Å². The van der Waals surface area contributed by atoms with Crippen LogP contribution in [0.1, 0.15) is 60.0 Å². The van der Waals surface area contributed by atoms with Crippen molar-refractivity contribution < 1.29 is 23.0 Å². The molecule has 0 bridgehead atoms. The van der Waals surface area contributed by atoms with Gasteiger partial charge in [0.25, 0.3) is 5.91 Å². The Bertz CT molecular complexity index is 1260. The van der Waals surface area contributed by atoms with Crippen molar-refractivity contribution in [3.63, 3.8) is 0 Å². The van der Waals surface area contributed by atoms with E-state index in [1.807, 2.05) is 0 Å². The molecule has 1 unspecified atom stereocenters. The van der Waals surface area contributed by atoms with Crippen molar-refractivity contribution in [2.75, 3.05) is 0 Å². The third-order valence-electron chi connectivity index (χ3n) is 6.49. The first kappa shape index (κ1) is 23.9. The van der Waals surface area contributed by atoms with Crippen LogP contribution in [0.3, 0.4) is 0 Å². The van der Waals surface area contributed by atoms with E-state index in [1.54, 1.807) is 12.1 Å². The zero-order chi connectivity index (χ0) is 24.6. The molecule has 1 aliphatic heterocycles. The van der Waals surface area contributed by atoms with E-state index in [0.29, 0.717) is 16.1 Å². The van der Waals surface area contributed by atoms with Crippen LogP contribution in [-0.2, 0) is 5.79 Å². The zero-order valence-electron chi connectivity index (χ0n) is 18.8. The molecular formula is C27H23Cl2F2NO3. The molecule has 0 saturated heterocycles. The van der Waals surface area contributed by atoms with Crippen molar-refractivity contribution in [3.8, 4) is 11.5 Å². The number of rotatable bonds is 4. The Labute approximate surface area is 212 Å². The topological polar surface area (TPSA) is 47.6 Å². The Balaban J connectivity index is 1.52. The van der Waals surface area contributed by atoms with Gasteiger partial charge in [-0.25, -0.2) is 8.78 Å². The highest BCUT2D eigenvalue weighted by atomic mass is 35.5. The maximum atomic E-state index is 15.1. The number of hydrogen-bond donors (Lipinski definition) is 1. The Hall–Kier alpha value is -2.83. The van der Waals surface area contributed by atoms with Gasteiger partial charge in [0.1, 0.15) is 11.6 Å². The highest BCUT2D eigenvalue weighted by Crippen LogP contribution is 2.50. The Morgan fingerprint density at radius 2 is 1.54 bits per heavy atom. The molecule has 0 aromatic heterocycles. The standard InChI is InChI=1S/C27H23Cl2F2NO3/c28-17-9-12-21(22(29)13-17)27(16-7-10-18(30)11-8-16)34-24-14-20(23(31)15-25(24)35-27)26(33)32-19-5-3-1-2-4-6-19/h7-15,19H,1-6H2,(H,32,33). The van der Waals surface area contributed by atoms with Crippen molar-refractivity contribution in [2.45, 2.75) is 50.4 Å². The number of carbonyl (C=O) groups excluding carboxylic acids is 1. The van der Waals surface area contributed by atoms with Gasteiger partial charge in [-0.05, 0) is 61.4 Å². The van der Waals surface area contributed by atoms with Gasteiger partial charge >= 0.3 is 5.79 Å². The summed E-state index contributed by atoms with van der Waals surface area (Å²) >= 11 is 12.6. The van der Waals surface area contributed by atoms with E-state index in [0.717, 1.165) is 44.6 Å². The zero-order valence-corrected chi connectivity index (χ0v) is 20.3. The molecule has 1 aliphatic carbocycles. The number of amides is 1. The van der Waals surface area contributed by atoms with Crippen molar-refractivity contribution in [1.29, 1.82) is 0 Å². The molecule has 8 heteroatoms. The first-order valence-corrected chi connectivity index (χ1v) is 12.4. The van der Waals surface area contributed by atoms with Crippen molar-refractivity contribution in [3.05, 3.63) is 93.0 Å². The molecule has 2 aliphatic rings. The van der Waals surface area contributed by atoms with Crippen LogP contribution in [0.15, 0.2) is 54.6 Å². The van der Waals surface area contributed by atoms with E-state index in [4.69, 9.17) is 32.7 Å². The lowest BCUT2D eigenvalue weighted by Crippen LogP contribution is -2.37. The fraction of sp³-hybridized carbons (Fsp3) is 0.296. The van der Waals surface area contributed by atoms with E-state index in [9.17, 15) is 9.18 Å². The van der Waals surface area contributed by atoms with Crippen molar-refractivity contribution in [2.24, 2.45) is 0 Å². The molecule has 3 aromatic carbocycles. The minimum absolute atomic E-state index is 0.0148. The van der Waals surface area contributed by atoms with Gasteiger partial charge < -0.3 is 14.8 Å². The van der Waals surface area contributed by atoms with Gasteiger partial charge in [-0.2, -0.15) is 0 Å². The van der Waals surface area contributed by atoms with Crippen LogP contribution in [0.2, 0.25) is 10.0 Å². The van der Waals surface area contributed by atoms with Crippen LogP contribution in [0.5, 0.6) is 11.5 Å². The Morgan fingerprint density at radius 1 is 0.886 bits per heavy atom. The monoisotopic (exact) mass is 517 g/mol. The quantitative estimate of drug-likeness (QED) is 0.366. The summed E-state index contributed by atoms with van der Waals surface area (Å²) in [5.74, 6) is -3.01. The smallest absolute Gasteiger partial charge is 0.307 e. The second-order valence-electron chi connectivity index (χ2n) is 8.89. The van der Waals surface area contributed by atoms with Gasteiger partial charge in [0.05, 0.1) is 16.1 Å². The summed E-state index contributed by atoms with van der Waals surface area (Å²) in [5.41, 5.74) is 0.703. The van der Waals surface area contributed by atoms with E-state index >= 15 is 4.39 Å². The molecule has 1 atom stereocenters.